The van der Waals surface area contributed by atoms with Gasteiger partial charge in [0.2, 0.25) is 5.91 Å². The van der Waals surface area contributed by atoms with Crippen LogP contribution in [-0.2, 0) is 14.3 Å². The summed E-state index contributed by atoms with van der Waals surface area (Å²) in [6, 6.07) is 5.30. The molecule has 1 aromatic carbocycles. The molecule has 0 saturated carbocycles. The van der Waals surface area contributed by atoms with Gasteiger partial charge in [-0.3, -0.25) is 14.5 Å². The van der Waals surface area contributed by atoms with Crippen molar-refractivity contribution >= 4 is 23.5 Å². The van der Waals surface area contributed by atoms with Crippen molar-refractivity contribution in [2.24, 2.45) is 0 Å². The Bertz CT molecular complexity index is 642. The van der Waals surface area contributed by atoms with Gasteiger partial charge in [-0.05, 0) is 31.2 Å². The SMILES string of the molecule is CC1CN(C2CC(=O)N(c3ccc(C(=O)O)cc3)C2=O)CCO1. The van der Waals surface area contributed by atoms with Gasteiger partial charge in [-0.15, -0.1) is 0 Å². The molecule has 2 amide bonds. The van der Waals surface area contributed by atoms with Crippen LogP contribution in [-0.4, -0.2) is 59.6 Å². The van der Waals surface area contributed by atoms with Crippen LogP contribution in [0.1, 0.15) is 23.7 Å². The Balaban J connectivity index is 1.79. The van der Waals surface area contributed by atoms with Gasteiger partial charge >= 0.3 is 5.97 Å². The molecule has 2 heterocycles. The van der Waals surface area contributed by atoms with Crippen molar-refractivity contribution in [1.29, 1.82) is 0 Å². The quantitative estimate of drug-likeness (QED) is 0.827. The monoisotopic (exact) mass is 318 g/mol. The number of carbonyl (C=O) groups excluding carboxylic acids is 2. The van der Waals surface area contributed by atoms with E-state index in [0.29, 0.717) is 25.4 Å². The van der Waals surface area contributed by atoms with Crippen LogP contribution in [0, 0.1) is 0 Å². The number of rotatable bonds is 3. The molecule has 0 bridgehead atoms. The summed E-state index contributed by atoms with van der Waals surface area (Å²) >= 11 is 0. The van der Waals surface area contributed by atoms with E-state index < -0.39 is 12.0 Å². The number of carboxylic acid groups (broad SMARTS) is 1. The minimum Gasteiger partial charge on any atom is -0.478 e. The van der Waals surface area contributed by atoms with E-state index in [2.05, 4.69) is 0 Å². The van der Waals surface area contributed by atoms with E-state index in [9.17, 15) is 14.4 Å². The second-order valence-corrected chi connectivity index (χ2v) is 5.82. The molecule has 122 valence electrons. The molecule has 0 radical (unpaired) electrons. The van der Waals surface area contributed by atoms with Gasteiger partial charge in [-0.2, -0.15) is 0 Å². The van der Waals surface area contributed by atoms with Crippen molar-refractivity contribution in [3.05, 3.63) is 29.8 Å². The maximum absolute atomic E-state index is 12.6. The number of anilines is 1. The molecule has 7 heteroatoms. The number of aromatic carboxylic acids is 1. The van der Waals surface area contributed by atoms with Crippen molar-refractivity contribution in [3.63, 3.8) is 0 Å². The minimum atomic E-state index is -1.05. The van der Waals surface area contributed by atoms with Crippen molar-refractivity contribution < 1.29 is 24.2 Å². The summed E-state index contributed by atoms with van der Waals surface area (Å²) in [5.74, 6) is -1.56. The highest BCUT2D eigenvalue weighted by molar-refractivity contribution is 6.22. The number of nitrogens with zero attached hydrogens (tertiary/aromatic N) is 2. The predicted octanol–water partition coefficient (Wildman–Crippen LogP) is 0.737. The largest absolute Gasteiger partial charge is 0.478 e. The van der Waals surface area contributed by atoms with Crippen molar-refractivity contribution in [2.75, 3.05) is 24.6 Å². The molecule has 2 aliphatic rings. The fourth-order valence-electron chi connectivity index (χ4n) is 3.05. The molecule has 2 saturated heterocycles. The van der Waals surface area contributed by atoms with E-state index in [4.69, 9.17) is 9.84 Å². The molecular weight excluding hydrogens is 300 g/mol. The third kappa shape index (κ3) is 2.97. The first-order chi connectivity index (χ1) is 11.0. The molecule has 2 aliphatic heterocycles. The van der Waals surface area contributed by atoms with Crippen molar-refractivity contribution in [3.8, 4) is 0 Å². The number of carbonyl (C=O) groups is 3. The molecule has 7 nitrogen and oxygen atoms in total. The second-order valence-electron chi connectivity index (χ2n) is 5.82. The summed E-state index contributed by atoms with van der Waals surface area (Å²) < 4.78 is 5.47. The normalized spacial score (nSPS) is 25.9. The number of carboxylic acids is 1. The first kappa shape index (κ1) is 15.6. The molecule has 3 rings (SSSR count). The topological polar surface area (TPSA) is 87.2 Å². The van der Waals surface area contributed by atoms with Crippen LogP contribution in [0.3, 0.4) is 0 Å². The molecule has 23 heavy (non-hydrogen) atoms. The third-order valence-electron chi connectivity index (χ3n) is 4.21. The first-order valence-electron chi connectivity index (χ1n) is 7.53. The molecule has 0 aromatic heterocycles. The maximum atomic E-state index is 12.6. The lowest BCUT2D eigenvalue weighted by Gasteiger charge is -2.34. The zero-order valence-corrected chi connectivity index (χ0v) is 12.8. The highest BCUT2D eigenvalue weighted by Gasteiger charge is 2.43. The molecular formula is C16H18N2O5. The Labute approximate surface area is 133 Å². The van der Waals surface area contributed by atoms with Crippen LogP contribution in [0.15, 0.2) is 24.3 Å². The number of benzene rings is 1. The van der Waals surface area contributed by atoms with Gasteiger partial charge in [-0.25, -0.2) is 9.69 Å². The van der Waals surface area contributed by atoms with Crippen LogP contribution in [0.5, 0.6) is 0 Å². The van der Waals surface area contributed by atoms with Gasteiger partial charge in [0.05, 0.1) is 36.4 Å². The average molecular weight is 318 g/mol. The summed E-state index contributed by atoms with van der Waals surface area (Å²) in [4.78, 5) is 38.9. The van der Waals surface area contributed by atoms with Gasteiger partial charge in [0, 0.05) is 13.1 Å². The van der Waals surface area contributed by atoms with E-state index in [1.165, 1.54) is 24.3 Å². The summed E-state index contributed by atoms with van der Waals surface area (Å²) in [6.45, 7) is 3.73. The molecule has 1 N–H and O–H groups in total. The van der Waals surface area contributed by atoms with E-state index in [0.717, 1.165) is 4.90 Å². The number of amides is 2. The Morgan fingerprint density at radius 2 is 1.96 bits per heavy atom. The lowest BCUT2D eigenvalue weighted by Crippen LogP contribution is -2.49. The Kier molecular flexibility index (Phi) is 4.14. The zero-order chi connectivity index (χ0) is 16.6. The number of hydrogen-bond donors (Lipinski definition) is 1. The highest BCUT2D eigenvalue weighted by Crippen LogP contribution is 2.27. The Hall–Kier alpha value is -2.25. The number of morpholine rings is 1. The molecule has 2 fully saturated rings. The molecule has 0 spiro atoms. The van der Waals surface area contributed by atoms with Gasteiger partial charge in [0.1, 0.15) is 0 Å². The number of ether oxygens (including phenoxy) is 1. The highest BCUT2D eigenvalue weighted by atomic mass is 16.5. The van der Waals surface area contributed by atoms with Crippen LogP contribution in [0.2, 0.25) is 0 Å². The van der Waals surface area contributed by atoms with Crippen molar-refractivity contribution in [2.45, 2.75) is 25.5 Å². The third-order valence-corrected chi connectivity index (χ3v) is 4.21. The molecule has 0 aliphatic carbocycles. The predicted molar refractivity (Wildman–Crippen MR) is 81.3 cm³/mol. The Morgan fingerprint density at radius 3 is 2.57 bits per heavy atom. The standard InChI is InChI=1S/C16H18N2O5/c1-10-9-17(6-7-23-10)13-8-14(19)18(15(13)20)12-4-2-11(3-5-12)16(21)22/h2-5,10,13H,6-9H2,1H3,(H,21,22). The first-order valence-corrected chi connectivity index (χ1v) is 7.53. The second kappa shape index (κ2) is 6.10. The summed E-state index contributed by atoms with van der Waals surface area (Å²) in [5.41, 5.74) is 0.528. The van der Waals surface area contributed by atoms with Gasteiger partial charge in [0.15, 0.2) is 0 Å². The number of hydrogen-bond acceptors (Lipinski definition) is 5. The van der Waals surface area contributed by atoms with Gasteiger partial charge in [-0.1, -0.05) is 0 Å². The summed E-state index contributed by atoms with van der Waals surface area (Å²) in [7, 11) is 0. The average Bonchev–Trinajstić information content (AvgIpc) is 2.82. The summed E-state index contributed by atoms with van der Waals surface area (Å²) in [6.07, 6.45) is 0.183. The lowest BCUT2D eigenvalue weighted by molar-refractivity contribution is -0.124. The molecule has 2 unspecified atom stereocenters. The van der Waals surface area contributed by atoms with E-state index >= 15 is 0 Å². The molecule has 1 aromatic rings. The zero-order valence-electron chi connectivity index (χ0n) is 12.8. The summed E-state index contributed by atoms with van der Waals surface area (Å²) in [5, 5.41) is 8.92. The van der Waals surface area contributed by atoms with E-state index in [1.54, 1.807) is 0 Å². The van der Waals surface area contributed by atoms with Crippen LogP contribution in [0.4, 0.5) is 5.69 Å². The maximum Gasteiger partial charge on any atom is 0.335 e. The fraction of sp³-hybridized carbons (Fsp3) is 0.438. The van der Waals surface area contributed by atoms with Crippen LogP contribution >= 0.6 is 0 Å². The van der Waals surface area contributed by atoms with Gasteiger partial charge < -0.3 is 9.84 Å². The van der Waals surface area contributed by atoms with Crippen LogP contribution < -0.4 is 4.90 Å². The number of imide groups is 1. The smallest absolute Gasteiger partial charge is 0.335 e. The van der Waals surface area contributed by atoms with Crippen LogP contribution in [0.25, 0.3) is 0 Å². The Morgan fingerprint density at radius 1 is 1.26 bits per heavy atom. The van der Waals surface area contributed by atoms with E-state index in [1.807, 2.05) is 11.8 Å². The minimum absolute atomic E-state index is 0.0375. The molecule has 2 atom stereocenters. The fourth-order valence-corrected chi connectivity index (χ4v) is 3.05. The van der Waals surface area contributed by atoms with Gasteiger partial charge in [0.25, 0.3) is 5.91 Å². The van der Waals surface area contributed by atoms with E-state index in [-0.39, 0.29) is 29.9 Å². The van der Waals surface area contributed by atoms with Crippen molar-refractivity contribution in [1.82, 2.24) is 4.90 Å². The lowest BCUT2D eigenvalue weighted by atomic mass is 10.1.